The van der Waals surface area contributed by atoms with Crippen LogP contribution < -0.4 is 4.74 Å². The Labute approximate surface area is 172 Å². The van der Waals surface area contributed by atoms with E-state index < -0.39 is 5.92 Å². The van der Waals surface area contributed by atoms with Gasteiger partial charge in [0.25, 0.3) is 0 Å². The Hall–Kier alpha value is -2.68. The van der Waals surface area contributed by atoms with Crippen molar-refractivity contribution in [1.29, 1.82) is 0 Å². The number of hydrogen-bond acceptors (Lipinski definition) is 3. The molecule has 29 heavy (non-hydrogen) atoms. The van der Waals surface area contributed by atoms with Gasteiger partial charge in [0.2, 0.25) is 0 Å². The average molecular weight is 389 g/mol. The molecule has 150 valence electrons. The van der Waals surface area contributed by atoms with Crippen molar-refractivity contribution in [1.82, 2.24) is 0 Å². The van der Waals surface area contributed by atoms with Gasteiger partial charge in [-0.1, -0.05) is 75.4 Å². The van der Waals surface area contributed by atoms with Gasteiger partial charge in [0, 0.05) is 5.41 Å². The van der Waals surface area contributed by atoms with E-state index in [2.05, 4.69) is 20.8 Å². The van der Waals surface area contributed by atoms with Gasteiger partial charge in [-0.05, 0) is 53.9 Å². The summed E-state index contributed by atoms with van der Waals surface area (Å²) in [5, 5.41) is 0. The van der Waals surface area contributed by atoms with Crippen LogP contribution in [0.25, 0.3) is 0 Å². The number of ether oxygens (including phenoxy) is 1. The minimum Gasteiger partial charge on any atom is -0.426 e. The summed E-state index contributed by atoms with van der Waals surface area (Å²) in [5.74, 6) is 0.147. The summed E-state index contributed by atoms with van der Waals surface area (Å²) in [5.41, 5.74) is 1.48. The summed E-state index contributed by atoms with van der Waals surface area (Å²) < 4.78 is 5.66. The average Bonchev–Trinajstić information content (AvgIpc) is 3.02. The number of fused-ring (bicyclic) bond motifs is 2. The molecule has 2 aliphatic carbocycles. The lowest BCUT2D eigenvalue weighted by Gasteiger charge is -2.31. The number of ketones is 1. The summed E-state index contributed by atoms with van der Waals surface area (Å²) >= 11 is 0. The van der Waals surface area contributed by atoms with E-state index in [1.807, 2.05) is 54.6 Å². The van der Waals surface area contributed by atoms with Crippen LogP contribution in [0.5, 0.6) is 5.75 Å². The molecule has 2 aromatic rings. The van der Waals surface area contributed by atoms with Crippen LogP contribution in [0, 0.1) is 22.7 Å². The van der Waals surface area contributed by atoms with Gasteiger partial charge in [-0.2, -0.15) is 0 Å². The lowest BCUT2D eigenvalue weighted by Crippen LogP contribution is -2.32. The van der Waals surface area contributed by atoms with Gasteiger partial charge >= 0.3 is 5.97 Å². The molecule has 4 rings (SSSR count). The molecule has 3 heteroatoms. The fourth-order valence-corrected chi connectivity index (χ4v) is 5.10. The number of benzene rings is 2. The van der Waals surface area contributed by atoms with E-state index in [1.54, 1.807) is 12.1 Å². The smallest absolute Gasteiger partial charge is 0.318 e. The van der Waals surface area contributed by atoms with E-state index in [9.17, 15) is 9.59 Å². The van der Waals surface area contributed by atoms with Gasteiger partial charge in [0.05, 0.1) is 5.92 Å². The van der Waals surface area contributed by atoms with Crippen LogP contribution in [0.3, 0.4) is 0 Å². The van der Waals surface area contributed by atoms with Crippen molar-refractivity contribution >= 4 is 11.8 Å². The van der Waals surface area contributed by atoms with E-state index >= 15 is 0 Å². The maximum atomic E-state index is 13.3. The largest absolute Gasteiger partial charge is 0.426 e. The monoisotopic (exact) mass is 388 g/mol. The molecule has 0 aliphatic heterocycles. The molecule has 2 bridgehead atoms. The summed E-state index contributed by atoms with van der Waals surface area (Å²) in [4.78, 5) is 26.3. The lowest BCUT2D eigenvalue weighted by atomic mass is 9.70. The Balaban J connectivity index is 1.66. The molecular weight excluding hydrogens is 360 g/mol. The number of carbonyl (C=O) groups excluding carboxylic acids is 2. The minimum atomic E-state index is -0.490. The third-order valence-corrected chi connectivity index (χ3v) is 7.31. The van der Waals surface area contributed by atoms with Crippen molar-refractivity contribution in [2.45, 2.75) is 40.0 Å². The first-order chi connectivity index (χ1) is 13.8. The third kappa shape index (κ3) is 3.33. The molecule has 2 aliphatic rings. The fraction of sp³-hybridized carbons (Fsp3) is 0.385. The van der Waals surface area contributed by atoms with Crippen molar-refractivity contribution in [2.75, 3.05) is 0 Å². The summed E-state index contributed by atoms with van der Waals surface area (Å²) in [7, 11) is 0. The van der Waals surface area contributed by atoms with Crippen molar-refractivity contribution in [2.24, 2.45) is 22.7 Å². The zero-order chi connectivity index (χ0) is 20.6. The molecule has 3 atom stereocenters. The number of esters is 1. The molecule has 0 unspecified atom stereocenters. The van der Waals surface area contributed by atoms with E-state index in [0.29, 0.717) is 12.2 Å². The Kier molecular flexibility index (Phi) is 4.94. The second-order valence-electron chi connectivity index (χ2n) is 9.13. The van der Waals surface area contributed by atoms with Crippen molar-refractivity contribution in [3.05, 3.63) is 77.9 Å². The molecule has 2 saturated carbocycles. The number of hydrogen-bond donors (Lipinski definition) is 0. The molecule has 0 N–H and O–H groups in total. The second kappa shape index (κ2) is 7.29. The number of allylic oxidation sites excluding steroid dienone is 1. The molecule has 2 fully saturated rings. The van der Waals surface area contributed by atoms with Crippen LogP contribution in [0.2, 0.25) is 0 Å². The standard InChI is InChI=1S/C26H28O3/c1-25(2)22-14-15-26(25,3)23(27)21(22)17-19(16-18-10-6-4-7-11-18)24(28)29-20-12-8-5-9-13-20/h4-13,17,19,22H,14-16H2,1-3H3/t19-,22-,26-/m1/s1. The van der Waals surface area contributed by atoms with Gasteiger partial charge < -0.3 is 4.74 Å². The zero-order valence-electron chi connectivity index (χ0n) is 17.4. The summed E-state index contributed by atoms with van der Waals surface area (Å²) in [6.07, 6.45) is 4.37. The van der Waals surface area contributed by atoms with E-state index in [4.69, 9.17) is 4.74 Å². The van der Waals surface area contributed by atoms with Crippen molar-refractivity contribution in [3.8, 4) is 5.75 Å². The molecule has 0 spiro atoms. The zero-order valence-corrected chi connectivity index (χ0v) is 17.4. The first-order valence-electron chi connectivity index (χ1n) is 10.4. The van der Waals surface area contributed by atoms with Crippen molar-refractivity contribution in [3.63, 3.8) is 0 Å². The predicted octanol–water partition coefficient (Wildman–Crippen LogP) is 5.40. The highest BCUT2D eigenvalue weighted by molar-refractivity contribution is 6.05. The quantitative estimate of drug-likeness (QED) is 0.391. The van der Waals surface area contributed by atoms with Crippen LogP contribution in [-0.2, 0) is 16.0 Å². The van der Waals surface area contributed by atoms with Crippen LogP contribution in [-0.4, -0.2) is 11.8 Å². The van der Waals surface area contributed by atoms with Crippen molar-refractivity contribution < 1.29 is 14.3 Å². The molecule has 3 nitrogen and oxygen atoms in total. The Morgan fingerprint density at radius 2 is 1.69 bits per heavy atom. The maximum absolute atomic E-state index is 13.3. The number of carbonyl (C=O) groups is 2. The number of Topliss-reactive ketones (excluding diaryl/α,β-unsaturated/α-hetero) is 1. The van der Waals surface area contributed by atoms with Crippen LogP contribution in [0.1, 0.15) is 39.2 Å². The van der Waals surface area contributed by atoms with Crippen LogP contribution in [0.15, 0.2) is 72.3 Å². The highest BCUT2D eigenvalue weighted by atomic mass is 16.5. The highest BCUT2D eigenvalue weighted by Crippen LogP contribution is 2.65. The first-order valence-corrected chi connectivity index (χ1v) is 10.4. The molecule has 0 heterocycles. The molecule has 0 amide bonds. The minimum absolute atomic E-state index is 0.0729. The van der Waals surface area contributed by atoms with Gasteiger partial charge in [-0.3, -0.25) is 9.59 Å². The molecule has 0 aromatic heterocycles. The van der Waals surface area contributed by atoms with Gasteiger partial charge in [-0.25, -0.2) is 0 Å². The van der Waals surface area contributed by atoms with E-state index in [-0.39, 0.29) is 28.5 Å². The van der Waals surface area contributed by atoms with Crippen LogP contribution >= 0.6 is 0 Å². The number of rotatable bonds is 5. The molecule has 2 aromatic carbocycles. The van der Waals surface area contributed by atoms with E-state index in [1.165, 1.54) is 0 Å². The number of para-hydroxylation sites is 1. The second-order valence-corrected chi connectivity index (χ2v) is 9.13. The maximum Gasteiger partial charge on any atom is 0.318 e. The summed E-state index contributed by atoms with van der Waals surface area (Å²) in [6, 6.07) is 19.0. The molecule has 0 radical (unpaired) electrons. The van der Waals surface area contributed by atoms with Gasteiger partial charge in [0.1, 0.15) is 5.75 Å². The van der Waals surface area contributed by atoms with Gasteiger partial charge in [0.15, 0.2) is 5.78 Å². The Bertz CT molecular complexity index is 942. The summed E-state index contributed by atoms with van der Waals surface area (Å²) in [6.45, 7) is 6.47. The van der Waals surface area contributed by atoms with Crippen LogP contribution in [0.4, 0.5) is 0 Å². The first kappa shape index (κ1) is 19.6. The fourth-order valence-electron chi connectivity index (χ4n) is 5.10. The third-order valence-electron chi connectivity index (χ3n) is 7.31. The normalized spacial score (nSPS) is 27.2. The van der Waals surface area contributed by atoms with E-state index in [0.717, 1.165) is 24.0 Å². The topological polar surface area (TPSA) is 43.4 Å². The lowest BCUT2D eigenvalue weighted by molar-refractivity contribution is -0.137. The Morgan fingerprint density at radius 3 is 2.28 bits per heavy atom. The highest BCUT2D eigenvalue weighted by Gasteiger charge is 2.64. The predicted molar refractivity (Wildman–Crippen MR) is 113 cm³/mol. The van der Waals surface area contributed by atoms with Gasteiger partial charge in [-0.15, -0.1) is 0 Å². The SMILES string of the molecule is CC1(C)[C@@H]2CC[C@]1(C)C(=O)C2=C[C@@H](Cc1ccccc1)C(=O)Oc1ccccc1. The molecular formula is C26H28O3. The molecule has 0 saturated heterocycles. The Morgan fingerprint density at radius 1 is 1.07 bits per heavy atom.